The van der Waals surface area contributed by atoms with Crippen molar-refractivity contribution in [3.63, 3.8) is 0 Å². The average molecular weight is 596 g/mol. The summed E-state index contributed by atoms with van der Waals surface area (Å²) in [6, 6.07) is 19.4. The molecule has 3 aliphatic rings. The van der Waals surface area contributed by atoms with Gasteiger partial charge < -0.3 is 9.64 Å². The molecule has 3 fully saturated rings. The van der Waals surface area contributed by atoms with Crippen molar-refractivity contribution in [2.75, 3.05) is 26.2 Å². The average Bonchev–Trinajstić information content (AvgIpc) is 3.71. The zero-order valence-corrected chi connectivity index (χ0v) is 25.4. The van der Waals surface area contributed by atoms with Crippen LogP contribution in [0.3, 0.4) is 0 Å². The van der Waals surface area contributed by atoms with Crippen LogP contribution >= 0.6 is 23.2 Å². The molecule has 41 heavy (non-hydrogen) atoms. The lowest BCUT2D eigenvalue weighted by Crippen LogP contribution is -2.58. The Balaban J connectivity index is 1.18. The van der Waals surface area contributed by atoms with Crippen molar-refractivity contribution >= 4 is 29.1 Å². The third-order valence-corrected chi connectivity index (χ3v) is 9.61. The Labute approximate surface area is 252 Å². The number of halogens is 3. The van der Waals surface area contributed by atoms with E-state index in [0.29, 0.717) is 40.8 Å². The summed E-state index contributed by atoms with van der Waals surface area (Å²) in [6.45, 7) is 9.16. The van der Waals surface area contributed by atoms with E-state index in [4.69, 9.17) is 27.9 Å². The maximum atomic E-state index is 15.4. The predicted octanol–water partition coefficient (Wildman–Crippen LogP) is 8.37. The van der Waals surface area contributed by atoms with Crippen LogP contribution in [0.2, 0.25) is 10.0 Å². The third kappa shape index (κ3) is 5.86. The van der Waals surface area contributed by atoms with Crippen LogP contribution in [0.15, 0.2) is 60.7 Å². The van der Waals surface area contributed by atoms with Gasteiger partial charge in [0.15, 0.2) is 0 Å². The number of likely N-dealkylation sites (tertiary alicyclic amines) is 2. The number of nitrogens with zero attached hydrogens (tertiary/aromatic N) is 2. The number of benzene rings is 3. The van der Waals surface area contributed by atoms with Crippen LogP contribution in [0.1, 0.15) is 79.0 Å². The number of hydrogen-bond donors (Lipinski definition) is 0. The van der Waals surface area contributed by atoms with Gasteiger partial charge in [-0.2, -0.15) is 0 Å². The van der Waals surface area contributed by atoms with Crippen LogP contribution < -0.4 is 4.74 Å². The molecular weight excluding hydrogens is 558 g/mol. The zero-order valence-electron chi connectivity index (χ0n) is 23.9. The minimum atomic E-state index is -0.497. The summed E-state index contributed by atoms with van der Waals surface area (Å²) < 4.78 is 21.8. The first-order valence-corrected chi connectivity index (χ1v) is 15.4. The van der Waals surface area contributed by atoms with Gasteiger partial charge in [-0.15, -0.1) is 0 Å². The van der Waals surface area contributed by atoms with E-state index in [1.54, 1.807) is 12.1 Å². The number of carbonyl (C=O) groups is 1. The largest absolute Gasteiger partial charge is 0.493 e. The van der Waals surface area contributed by atoms with Crippen molar-refractivity contribution in [1.29, 1.82) is 0 Å². The molecule has 1 amide bonds. The third-order valence-electron chi connectivity index (χ3n) is 9.18. The van der Waals surface area contributed by atoms with Gasteiger partial charge in [-0.25, -0.2) is 4.39 Å². The van der Waals surface area contributed by atoms with E-state index in [9.17, 15) is 4.79 Å². The molecule has 4 nitrogen and oxygen atoms in total. The van der Waals surface area contributed by atoms with E-state index >= 15 is 4.39 Å². The Morgan fingerprint density at radius 2 is 1.68 bits per heavy atom. The smallest absolute Gasteiger partial charge is 0.257 e. The maximum absolute atomic E-state index is 15.4. The quantitative estimate of drug-likeness (QED) is 0.262. The van der Waals surface area contributed by atoms with Gasteiger partial charge in [0.25, 0.3) is 5.91 Å². The van der Waals surface area contributed by atoms with Gasteiger partial charge in [-0.1, -0.05) is 67.4 Å². The summed E-state index contributed by atoms with van der Waals surface area (Å²) in [7, 11) is 0. The lowest BCUT2D eigenvalue weighted by Gasteiger charge is -2.51. The molecule has 6 rings (SSSR count). The lowest BCUT2D eigenvalue weighted by atomic mass is 9.79. The van der Waals surface area contributed by atoms with Crippen molar-refractivity contribution in [3.8, 4) is 5.75 Å². The summed E-state index contributed by atoms with van der Waals surface area (Å²) in [4.78, 5) is 17.5. The van der Waals surface area contributed by atoms with Gasteiger partial charge in [0.2, 0.25) is 0 Å². The van der Waals surface area contributed by atoms with Crippen molar-refractivity contribution in [2.24, 2.45) is 11.3 Å². The molecule has 1 aliphatic carbocycles. The highest BCUT2D eigenvalue weighted by Crippen LogP contribution is 2.47. The predicted molar refractivity (Wildman–Crippen MR) is 163 cm³/mol. The van der Waals surface area contributed by atoms with E-state index in [2.05, 4.69) is 37.8 Å². The molecule has 0 bridgehead atoms. The topological polar surface area (TPSA) is 32.8 Å². The fraction of sp³-hybridized carbons (Fsp3) is 0.441. The Bertz CT molecular complexity index is 1420. The molecule has 2 saturated heterocycles. The second-order valence-electron chi connectivity index (χ2n) is 12.7. The highest BCUT2D eigenvalue weighted by molar-refractivity contribution is 6.34. The molecule has 0 N–H and O–H groups in total. The van der Waals surface area contributed by atoms with Gasteiger partial charge in [0, 0.05) is 47.2 Å². The van der Waals surface area contributed by atoms with Crippen LogP contribution in [0, 0.1) is 17.2 Å². The van der Waals surface area contributed by atoms with E-state index < -0.39 is 5.82 Å². The lowest BCUT2D eigenvalue weighted by molar-refractivity contribution is -0.0379. The Hall–Kier alpha value is -2.60. The number of rotatable bonds is 8. The highest BCUT2D eigenvalue weighted by Gasteiger charge is 2.44. The van der Waals surface area contributed by atoms with E-state index in [0.717, 1.165) is 43.5 Å². The van der Waals surface area contributed by atoms with E-state index in [-0.39, 0.29) is 29.0 Å². The molecule has 2 heterocycles. The molecule has 2 aliphatic heterocycles. The summed E-state index contributed by atoms with van der Waals surface area (Å²) in [5.74, 6) is 0.622. The van der Waals surface area contributed by atoms with E-state index in [1.807, 2.05) is 35.2 Å². The summed E-state index contributed by atoms with van der Waals surface area (Å²) >= 11 is 12.8. The standard InChI is InChI=1S/C34H37Cl2FN2O2/c1-21-11-12-39(22(21)2)33(40)29-16-28(23-9-10-23)31(17-30(29)37)41-20-34(3)18-38(19-34)32(24-7-5-4-6-8-24)25-13-26(35)15-27(36)14-25/h4-8,13-17,21-23,32H,9-12,18-20H2,1-3H3/t21-,22+,32-/m0/s1. The van der Waals surface area contributed by atoms with E-state index in [1.165, 1.54) is 11.6 Å². The minimum absolute atomic E-state index is 0.0148. The Kier molecular flexibility index (Phi) is 7.82. The van der Waals surface area contributed by atoms with Crippen molar-refractivity contribution < 1.29 is 13.9 Å². The fourth-order valence-corrected chi connectivity index (χ4v) is 7.10. The molecule has 3 atom stereocenters. The summed E-state index contributed by atoms with van der Waals surface area (Å²) in [6.07, 6.45) is 3.04. The van der Waals surface area contributed by atoms with Gasteiger partial charge in [0.05, 0.1) is 18.2 Å². The fourth-order valence-electron chi connectivity index (χ4n) is 6.55. The van der Waals surface area contributed by atoms with Crippen LogP contribution in [0.25, 0.3) is 0 Å². The van der Waals surface area contributed by atoms with Crippen molar-refractivity contribution in [2.45, 2.75) is 58.0 Å². The molecule has 0 unspecified atom stereocenters. The number of hydrogen-bond acceptors (Lipinski definition) is 3. The first kappa shape index (κ1) is 28.5. The molecular formula is C34H37Cl2FN2O2. The highest BCUT2D eigenvalue weighted by atomic mass is 35.5. The van der Waals surface area contributed by atoms with Crippen LogP contribution in [-0.2, 0) is 0 Å². The van der Waals surface area contributed by atoms with Gasteiger partial charge in [-0.3, -0.25) is 9.69 Å². The minimum Gasteiger partial charge on any atom is -0.493 e. The molecule has 7 heteroatoms. The monoisotopic (exact) mass is 594 g/mol. The number of carbonyl (C=O) groups excluding carboxylic acids is 1. The molecule has 216 valence electrons. The van der Waals surface area contributed by atoms with Crippen molar-refractivity contribution in [3.05, 3.63) is 98.8 Å². The molecule has 0 spiro atoms. The molecule has 3 aromatic carbocycles. The van der Waals surface area contributed by atoms with Crippen molar-refractivity contribution in [1.82, 2.24) is 9.80 Å². The molecule has 3 aromatic rings. The first-order chi connectivity index (χ1) is 19.6. The van der Waals surface area contributed by atoms with Crippen LogP contribution in [-0.4, -0.2) is 48.0 Å². The van der Waals surface area contributed by atoms with Gasteiger partial charge >= 0.3 is 0 Å². The second kappa shape index (κ2) is 11.2. The van der Waals surface area contributed by atoms with Gasteiger partial charge in [-0.05, 0) is 79.0 Å². The normalized spacial score (nSPS) is 22.8. The van der Waals surface area contributed by atoms with Crippen LogP contribution in [0.4, 0.5) is 4.39 Å². The van der Waals surface area contributed by atoms with Gasteiger partial charge in [0.1, 0.15) is 11.6 Å². The maximum Gasteiger partial charge on any atom is 0.257 e. The molecule has 0 radical (unpaired) electrons. The number of amides is 1. The SMILES string of the molecule is C[C@@H]1[C@@H](C)CCN1C(=O)c1cc(C2CC2)c(OCC2(C)CN([C@@H](c3ccccc3)c3cc(Cl)cc(Cl)c3)C2)cc1F. The Morgan fingerprint density at radius 1 is 1.00 bits per heavy atom. The number of ether oxygens (including phenoxy) is 1. The summed E-state index contributed by atoms with van der Waals surface area (Å²) in [5.41, 5.74) is 3.25. The zero-order chi connectivity index (χ0) is 28.9. The van der Waals surface area contributed by atoms with Crippen LogP contribution in [0.5, 0.6) is 5.75 Å². The summed E-state index contributed by atoms with van der Waals surface area (Å²) in [5, 5.41) is 1.23. The molecule has 1 saturated carbocycles. The molecule has 0 aromatic heterocycles. The second-order valence-corrected chi connectivity index (χ2v) is 13.5. The first-order valence-electron chi connectivity index (χ1n) is 14.6. The Morgan fingerprint density at radius 3 is 2.29 bits per heavy atom.